The first-order valence-corrected chi connectivity index (χ1v) is 7.11. The summed E-state index contributed by atoms with van der Waals surface area (Å²) in [6, 6.07) is 13.5. The number of benzene rings is 2. The molecule has 0 aromatic heterocycles. The van der Waals surface area contributed by atoms with Gasteiger partial charge < -0.3 is 10.1 Å². The van der Waals surface area contributed by atoms with Gasteiger partial charge in [-0.2, -0.15) is 0 Å². The van der Waals surface area contributed by atoms with E-state index in [1.807, 2.05) is 18.2 Å². The quantitative estimate of drug-likeness (QED) is 0.804. The maximum absolute atomic E-state index is 12.7. The SMILES string of the molecule is O=C(COc1cccc(I)c1)NCc1ccc(F)cc1. The highest BCUT2D eigenvalue weighted by Gasteiger charge is 2.03. The van der Waals surface area contributed by atoms with Gasteiger partial charge in [0, 0.05) is 10.1 Å². The fourth-order valence-corrected chi connectivity index (χ4v) is 2.07. The molecule has 1 amide bonds. The Hall–Kier alpha value is -1.63. The summed E-state index contributed by atoms with van der Waals surface area (Å²) in [6.45, 7) is 0.316. The zero-order valence-electron chi connectivity index (χ0n) is 10.6. The zero-order chi connectivity index (χ0) is 14.4. The molecule has 5 heteroatoms. The zero-order valence-corrected chi connectivity index (χ0v) is 12.8. The van der Waals surface area contributed by atoms with Crippen LogP contribution in [0.4, 0.5) is 4.39 Å². The molecule has 3 nitrogen and oxygen atoms in total. The molecule has 0 saturated heterocycles. The van der Waals surface area contributed by atoms with Gasteiger partial charge >= 0.3 is 0 Å². The van der Waals surface area contributed by atoms with Crippen LogP contribution in [0.15, 0.2) is 48.5 Å². The molecule has 0 heterocycles. The highest BCUT2D eigenvalue weighted by Crippen LogP contribution is 2.14. The summed E-state index contributed by atoms with van der Waals surface area (Å²) in [7, 11) is 0. The van der Waals surface area contributed by atoms with E-state index < -0.39 is 0 Å². The maximum atomic E-state index is 12.7. The van der Waals surface area contributed by atoms with Crippen molar-refractivity contribution in [2.45, 2.75) is 6.54 Å². The summed E-state index contributed by atoms with van der Waals surface area (Å²) < 4.78 is 19.1. The fraction of sp³-hybridized carbons (Fsp3) is 0.133. The van der Waals surface area contributed by atoms with Crippen molar-refractivity contribution in [3.8, 4) is 5.75 Å². The summed E-state index contributed by atoms with van der Waals surface area (Å²) in [5, 5.41) is 2.72. The standard InChI is InChI=1S/C15H13FINO2/c16-12-6-4-11(5-7-12)9-18-15(19)10-20-14-3-1-2-13(17)8-14/h1-8H,9-10H2,(H,18,19). The molecule has 0 fully saturated rings. The molecule has 2 aromatic rings. The number of carbonyl (C=O) groups is 1. The number of hydrogen-bond donors (Lipinski definition) is 1. The van der Waals surface area contributed by atoms with Crippen molar-refractivity contribution >= 4 is 28.5 Å². The van der Waals surface area contributed by atoms with Gasteiger partial charge in [-0.1, -0.05) is 18.2 Å². The van der Waals surface area contributed by atoms with E-state index in [2.05, 4.69) is 27.9 Å². The van der Waals surface area contributed by atoms with Crippen LogP contribution in [0.2, 0.25) is 0 Å². The average molecular weight is 385 g/mol. The van der Waals surface area contributed by atoms with Crippen LogP contribution >= 0.6 is 22.6 Å². The monoisotopic (exact) mass is 385 g/mol. The molecular formula is C15H13FINO2. The predicted molar refractivity (Wildman–Crippen MR) is 82.9 cm³/mol. The lowest BCUT2D eigenvalue weighted by Crippen LogP contribution is -2.28. The molecule has 20 heavy (non-hydrogen) atoms. The Balaban J connectivity index is 1.77. The van der Waals surface area contributed by atoms with E-state index in [1.54, 1.807) is 18.2 Å². The Morgan fingerprint density at radius 2 is 1.95 bits per heavy atom. The molecule has 0 spiro atoms. The maximum Gasteiger partial charge on any atom is 0.258 e. The summed E-state index contributed by atoms with van der Waals surface area (Å²) in [5.41, 5.74) is 0.842. The summed E-state index contributed by atoms with van der Waals surface area (Å²) in [4.78, 5) is 11.6. The first-order chi connectivity index (χ1) is 9.63. The minimum atomic E-state index is -0.290. The van der Waals surface area contributed by atoms with Crippen molar-refractivity contribution in [2.75, 3.05) is 6.61 Å². The van der Waals surface area contributed by atoms with Crippen molar-refractivity contribution in [2.24, 2.45) is 0 Å². The van der Waals surface area contributed by atoms with Crippen LogP contribution in [-0.2, 0) is 11.3 Å². The van der Waals surface area contributed by atoms with Gasteiger partial charge in [-0.3, -0.25) is 4.79 Å². The predicted octanol–water partition coefficient (Wildman–Crippen LogP) is 3.13. The van der Waals surface area contributed by atoms with E-state index >= 15 is 0 Å². The lowest BCUT2D eigenvalue weighted by atomic mass is 10.2. The van der Waals surface area contributed by atoms with Crippen molar-refractivity contribution < 1.29 is 13.9 Å². The third kappa shape index (κ3) is 4.80. The van der Waals surface area contributed by atoms with E-state index in [1.165, 1.54) is 12.1 Å². The summed E-state index contributed by atoms with van der Waals surface area (Å²) in [5.74, 6) is 0.157. The molecule has 0 unspecified atom stereocenters. The van der Waals surface area contributed by atoms with Crippen LogP contribution in [0.1, 0.15) is 5.56 Å². The number of ether oxygens (including phenoxy) is 1. The number of amides is 1. The molecule has 0 aliphatic carbocycles. The second kappa shape index (κ2) is 7.23. The molecule has 2 rings (SSSR count). The normalized spacial score (nSPS) is 10.1. The highest BCUT2D eigenvalue weighted by molar-refractivity contribution is 14.1. The average Bonchev–Trinajstić information content (AvgIpc) is 2.45. The first kappa shape index (κ1) is 14.8. The van der Waals surface area contributed by atoms with Gasteiger partial charge in [0.2, 0.25) is 0 Å². The molecule has 104 valence electrons. The van der Waals surface area contributed by atoms with Crippen molar-refractivity contribution in [1.29, 1.82) is 0 Å². The third-order valence-electron chi connectivity index (χ3n) is 2.57. The Morgan fingerprint density at radius 1 is 1.20 bits per heavy atom. The Bertz CT molecular complexity index is 587. The van der Waals surface area contributed by atoms with Crippen LogP contribution in [0.3, 0.4) is 0 Å². The number of nitrogens with one attached hydrogen (secondary N) is 1. The second-order valence-electron chi connectivity index (χ2n) is 4.15. The van der Waals surface area contributed by atoms with Gasteiger partial charge in [0.1, 0.15) is 11.6 Å². The lowest BCUT2D eigenvalue weighted by Gasteiger charge is -2.08. The number of hydrogen-bond acceptors (Lipinski definition) is 2. The molecule has 2 aromatic carbocycles. The van der Waals surface area contributed by atoms with Crippen molar-refractivity contribution in [1.82, 2.24) is 5.32 Å². The Labute approximate surface area is 130 Å². The summed E-state index contributed by atoms with van der Waals surface area (Å²) in [6.07, 6.45) is 0. The molecule has 0 atom stereocenters. The van der Waals surface area contributed by atoms with Crippen molar-refractivity contribution in [3.05, 3.63) is 63.5 Å². The minimum Gasteiger partial charge on any atom is -0.484 e. The van der Waals surface area contributed by atoms with Gasteiger partial charge in [-0.25, -0.2) is 4.39 Å². The van der Waals surface area contributed by atoms with Gasteiger partial charge in [0.05, 0.1) is 0 Å². The van der Waals surface area contributed by atoms with E-state index in [-0.39, 0.29) is 18.3 Å². The van der Waals surface area contributed by atoms with E-state index in [4.69, 9.17) is 4.74 Å². The van der Waals surface area contributed by atoms with Crippen LogP contribution in [0, 0.1) is 9.39 Å². The number of halogens is 2. The first-order valence-electron chi connectivity index (χ1n) is 6.03. The smallest absolute Gasteiger partial charge is 0.258 e. The van der Waals surface area contributed by atoms with E-state index in [0.717, 1.165) is 9.13 Å². The van der Waals surface area contributed by atoms with Gasteiger partial charge in [0.25, 0.3) is 5.91 Å². The largest absolute Gasteiger partial charge is 0.484 e. The molecule has 0 radical (unpaired) electrons. The molecule has 0 aliphatic heterocycles. The van der Waals surface area contributed by atoms with E-state index in [9.17, 15) is 9.18 Å². The van der Waals surface area contributed by atoms with Crippen LogP contribution in [-0.4, -0.2) is 12.5 Å². The topological polar surface area (TPSA) is 38.3 Å². The van der Waals surface area contributed by atoms with Crippen molar-refractivity contribution in [3.63, 3.8) is 0 Å². The van der Waals surface area contributed by atoms with Crippen LogP contribution in [0.25, 0.3) is 0 Å². The Kier molecular flexibility index (Phi) is 5.34. The van der Waals surface area contributed by atoms with Gasteiger partial charge in [0.15, 0.2) is 6.61 Å². The second-order valence-corrected chi connectivity index (χ2v) is 5.39. The summed E-state index contributed by atoms with van der Waals surface area (Å²) >= 11 is 2.18. The van der Waals surface area contributed by atoms with Crippen LogP contribution in [0.5, 0.6) is 5.75 Å². The molecular weight excluding hydrogens is 372 g/mol. The lowest BCUT2D eigenvalue weighted by molar-refractivity contribution is -0.123. The number of rotatable bonds is 5. The molecule has 0 aliphatic rings. The van der Waals surface area contributed by atoms with E-state index in [0.29, 0.717) is 12.3 Å². The molecule has 1 N–H and O–H groups in total. The third-order valence-corrected chi connectivity index (χ3v) is 3.24. The Morgan fingerprint density at radius 3 is 2.65 bits per heavy atom. The minimum absolute atomic E-state index is 0.0404. The van der Waals surface area contributed by atoms with Gasteiger partial charge in [-0.15, -0.1) is 0 Å². The highest BCUT2D eigenvalue weighted by atomic mass is 127. The molecule has 0 bridgehead atoms. The van der Waals surface area contributed by atoms with Gasteiger partial charge in [-0.05, 0) is 58.5 Å². The fourth-order valence-electron chi connectivity index (χ4n) is 1.56. The molecule has 0 saturated carbocycles. The van der Waals surface area contributed by atoms with Crippen LogP contribution < -0.4 is 10.1 Å². The number of carbonyl (C=O) groups excluding carboxylic acids is 1.